The minimum absolute atomic E-state index is 0.0180. The highest BCUT2D eigenvalue weighted by atomic mass is 28.4. The van der Waals surface area contributed by atoms with Crippen LogP contribution < -0.4 is 16.4 Å². The molecule has 0 aliphatic carbocycles. The van der Waals surface area contributed by atoms with Crippen LogP contribution >= 0.6 is 0 Å². The number of carbonyl (C=O) groups excluding carboxylic acids is 3. The summed E-state index contributed by atoms with van der Waals surface area (Å²) < 4.78 is 19.2. The van der Waals surface area contributed by atoms with Gasteiger partial charge in [0.2, 0.25) is 17.7 Å². The van der Waals surface area contributed by atoms with Gasteiger partial charge in [0, 0.05) is 20.0 Å². The number of hydrogen-bond donors (Lipinski definition) is 3. The molecule has 1 aromatic carbocycles. The van der Waals surface area contributed by atoms with Crippen molar-refractivity contribution in [3.05, 3.63) is 35.6 Å². The van der Waals surface area contributed by atoms with Crippen molar-refractivity contribution < 1.29 is 23.2 Å². The smallest absolute Gasteiger partial charge is 0.243 e. The molecule has 0 aromatic heterocycles. The molecule has 0 fully saturated rings. The summed E-state index contributed by atoms with van der Waals surface area (Å²) >= 11 is 0. The Morgan fingerprint density at radius 2 is 1.67 bits per heavy atom. The molecule has 168 valence electrons. The van der Waals surface area contributed by atoms with Crippen molar-refractivity contribution in [3.8, 4) is 0 Å². The van der Waals surface area contributed by atoms with Crippen LogP contribution in [0, 0.1) is 5.82 Å². The van der Waals surface area contributed by atoms with E-state index in [0.29, 0.717) is 5.56 Å². The number of halogens is 1. The van der Waals surface area contributed by atoms with Crippen LogP contribution in [0.25, 0.3) is 0 Å². The fraction of sp³-hybridized carbons (Fsp3) is 0.571. The number of amides is 3. The van der Waals surface area contributed by atoms with E-state index < -0.39 is 43.9 Å². The summed E-state index contributed by atoms with van der Waals surface area (Å²) in [6, 6.07) is 3.79. The van der Waals surface area contributed by atoms with Gasteiger partial charge in [-0.25, -0.2) is 4.39 Å². The summed E-state index contributed by atoms with van der Waals surface area (Å²) in [7, 11) is -2.00. The SMILES string of the molecule is CC(=O)N[C@H](Cc1ccc(F)cc1)C(=O)N[C@H](CCO[Si](C)(C)C(C)(C)C)C(N)=O. The second-order valence-electron chi connectivity index (χ2n) is 8.94. The lowest BCUT2D eigenvalue weighted by atomic mass is 10.0. The highest BCUT2D eigenvalue weighted by molar-refractivity contribution is 6.74. The first-order valence-electron chi connectivity index (χ1n) is 9.98. The molecule has 3 amide bonds. The molecule has 9 heteroatoms. The van der Waals surface area contributed by atoms with E-state index in [9.17, 15) is 18.8 Å². The Labute approximate surface area is 179 Å². The van der Waals surface area contributed by atoms with Crippen molar-refractivity contribution in [1.82, 2.24) is 10.6 Å². The van der Waals surface area contributed by atoms with Crippen LogP contribution in [-0.2, 0) is 25.2 Å². The van der Waals surface area contributed by atoms with Gasteiger partial charge in [-0.1, -0.05) is 32.9 Å². The van der Waals surface area contributed by atoms with Gasteiger partial charge in [-0.3, -0.25) is 14.4 Å². The molecule has 4 N–H and O–H groups in total. The second kappa shape index (κ2) is 10.7. The molecule has 0 aliphatic rings. The van der Waals surface area contributed by atoms with E-state index in [1.165, 1.54) is 31.2 Å². The summed E-state index contributed by atoms with van der Waals surface area (Å²) in [5.74, 6) is -2.00. The lowest BCUT2D eigenvalue weighted by Gasteiger charge is -2.36. The number of benzene rings is 1. The minimum Gasteiger partial charge on any atom is -0.417 e. The maximum Gasteiger partial charge on any atom is 0.243 e. The Morgan fingerprint density at radius 1 is 1.10 bits per heavy atom. The Morgan fingerprint density at radius 3 is 2.13 bits per heavy atom. The molecule has 7 nitrogen and oxygen atoms in total. The Balaban J connectivity index is 2.80. The van der Waals surface area contributed by atoms with Crippen molar-refractivity contribution in [2.45, 2.75) is 70.8 Å². The zero-order chi connectivity index (χ0) is 23.1. The lowest BCUT2D eigenvalue weighted by molar-refractivity contribution is -0.131. The topological polar surface area (TPSA) is 111 Å². The van der Waals surface area contributed by atoms with E-state index in [-0.39, 0.29) is 24.5 Å². The van der Waals surface area contributed by atoms with Gasteiger partial charge in [-0.05, 0) is 42.2 Å². The summed E-state index contributed by atoms with van der Waals surface area (Å²) in [5, 5.41) is 5.20. The second-order valence-corrected chi connectivity index (χ2v) is 13.8. The molecule has 30 heavy (non-hydrogen) atoms. The molecule has 0 heterocycles. The van der Waals surface area contributed by atoms with Gasteiger partial charge in [0.05, 0.1) is 0 Å². The first-order valence-corrected chi connectivity index (χ1v) is 12.9. The first kappa shape index (κ1) is 25.8. The number of carbonyl (C=O) groups is 3. The minimum atomic E-state index is -2.00. The molecule has 1 rings (SSSR count). The van der Waals surface area contributed by atoms with Crippen LogP contribution in [0.2, 0.25) is 18.1 Å². The Bertz CT molecular complexity index is 748. The zero-order valence-corrected chi connectivity index (χ0v) is 19.7. The van der Waals surface area contributed by atoms with E-state index in [2.05, 4.69) is 44.5 Å². The maximum absolute atomic E-state index is 13.1. The van der Waals surface area contributed by atoms with Gasteiger partial charge < -0.3 is 20.8 Å². The van der Waals surface area contributed by atoms with Gasteiger partial charge in [0.15, 0.2) is 8.32 Å². The lowest BCUT2D eigenvalue weighted by Crippen LogP contribution is -2.54. The van der Waals surface area contributed by atoms with E-state index in [4.69, 9.17) is 10.2 Å². The largest absolute Gasteiger partial charge is 0.417 e. The molecular weight excluding hydrogens is 405 g/mol. The van der Waals surface area contributed by atoms with E-state index in [0.717, 1.165) is 0 Å². The molecular formula is C21H34FN3O4Si. The number of rotatable bonds is 10. The summed E-state index contributed by atoms with van der Waals surface area (Å²) in [6.07, 6.45) is 0.383. The average Bonchev–Trinajstić information content (AvgIpc) is 2.60. The van der Waals surface area contributed by atoms with Crippen molar-refractivity contribution in [2.24, 2.45) is 5.73 Å². The number of nitrogens with one attached hydrogen (secondary N) is 2. The van der Waals surface area contributed by atoms with E-state index in [1.807, 2.05) is 0 Å². The zero-order valence-electron chi connectivity index (χ0n) is 18.7. The van der Waals surface area contributed by atoms with Crippen LogP contribution in [0.5, 0.6) is 0 Å². The van der Waals surface area contributed by atoms with Crippen LogP contribution in [-0.4, -0.2) is 44.7 Å². The molecule has 0 radical (unpaired) electrons. The van der Waals surface area contributed by atoms with E-state index in [1.54, 1.807) is 0 Å². The molecule has 1 aromatic rings. The summed E-state index contributed by atoms with van der Waals surface area (Å²) in [4.78, 5) is 36.1. The standard InChI is InChI=1S/C21H34FN3O4Si/c1-14(26)24-18(13-15-7-9-16(22)10-8-15)20(28)25-17(19(23)27)11-12-29-30(5,6)21(2,3)4/h7-10,17-18H,11-13H2,1-6H3,(H2,23,27)(H,24,26)(H,25,28)/t17-,18-/m1/s1. The highest BCUT2D eigenvalue weighted by Gasteiger charge is 2.37. The van der Waals surface area contributed by atoms with Crippen LogP contribution in [0.4, 0.5) is 4.39 Å². The quantitative estimate of drug-likeness (QED) is 0.486. The van der Waals surface area contributed by atoms with Gasteiger partial charge in [0.1, 0.15) is 17.9 Å². The molecule has 0 spiro atoms. The first-order chi connectivity index (χ1) is 13.7. The Kier molecular flexibility index (Phi) is 9.17. The number of primary amides is 1. The molecule has 0 aliphatic heterocycles. The maximum atomic E-state index is 13.1. The van der Waals surface area contributed by atoms with Gasteiger partial charge >= 0.3 is 0 Å². The summed E-state index contributed by atoms with van der Waals surface area (Å²) in [6.45, 7) is 12.1. The molecule has 0 unspecified atom stereocenters. The molecule has 2 atom stereocenters. The highest BCUT2D eigenvalue weighted by Crippen LogP contribution is 2.36. The monoisotopic (exact) mass is 439 g/mol. The van der Waals surface area contributed by atoms with E-state index >= 15 is 0 Å². The molecule has 0 bridgehead atoms. The van der Waals surface area contributed by atoms with Crippen molar-refractivity contribution in [3.63, 3.8) is 0 Å². The average molecular weight is 440 g/mol. The van der Waals surface area contributed by atoms with Crippen LogP contribution in [0.15, 0.2) is 24.3 Å². The third kappa shape index (κ3) is 8.23. The van der Waals surface area contributed by atoms with Crippen molar-refractivity contribution >= 4 is 26.0 Å². The van der Waals surface area contributed by atoms with Crippen LogP contribution in [0.1, 0.15) is 39.7 Å². The van der Waals surface area contributed by atoms with Gasteiger partial charge in [-0.15, -0.1) is 0 Å². The normalized spacial score (nSPS) is 14.0. The predicted molar refractivity (Wildman–Crippen MR) is 117 cm³/mol. The summed E-state index contributed by atoms with van der Waals surface area (Å²) in [5.41, 5.74) is 6.13. The third-order valence-electron chi connectivity index (χ3n) is 5.38. The predicted octanol–water partition coefficient (Wildman–Crippen LogP) is 2.25. The number of hydrogen-bond acceptors (Lipinski definition) is 4. The third-order valence-corrected chi connectivity index (χ3v) is 9.92. The Hall–Kier alpha value is -2.26. The fourth-order valence-electron chi connectivity index (χ4n) is 2.52. The fourth-order valence-corrected chi connectivity index (χ4v) is 3.58. The number of nitrogens with two attached hydrogens (primary N) is 1. The van der Waals surface area contributed by atoms with Crippen molar-refractivity contribution in [2.75, 3.05) is 6.61 Å². The van der Waals surface area contributed by atoms with Gasteiger partial charge in [-0.2, -0.15) is 0 Å². The molecule has 0 saturated carbocycles. The molecule has 0 saturated heterocycles. The van der Waals surface area contributed by atoms with Crippen molar-refractivity contribution in [1.29, 1.82) is 0 Å². The van der Waals surface area contributed by atoms with Crippen LogP contribution in [0.3, 0.4) is 0 Å². The van der Waals surface area contributed by atoms with Gasteiger partial charge in [0.25, 0.3) is 0 Å².